The number of aliphatic hydroxyl groups is 1. The van der Waals surface area contributed by atoms with Gasteiger partial charge in [-0.05, 0) is 57.7 Å². The van der Waals surface area contributed by atoms with Crippen molar-refractivity contribution in [3.05, 3.63) is 30.0 Å². The number of nitrogens with one attached hydrogen (secondary N) is 1. The van der Waals surface area contributed by atoms with Crippen LogP contribution < -0.4 is 10.1 Å². The lowest BCUT2D eigenvalue weighted by Gasteiger charge is -2.27. The maximum absolute atomic E-state index is 9.78. The first-order chi connectivity index (χ1) is 11.2. The fourth-order valence-corrected chi connectivity index (χ4v) is 3.43. The van der Waals surface area contributed by atoms with E-state index in [9.17, 15) is 5.11 Å². The van der Waals surface area contributed by atoms with E-state index in [0.717, 1.165) is 48.3 Å². The highest BCUT2D eigenvalue weighted by molar-refractivity contribution is 5.83. The van der Waals surface area contributed by atoms with Crippen LogP contribution in [-0.2, 0) is 0 Å². The number of ether oxygens (including phenoxy) is 1. The van der Waals surface area contributed by atoms with Crippen molar-refractivity contribution in [3.8, 4) is 5.75 Å². The van der Waals surface area contributed by atoms with Crippen molar-refractivity contribution in [1.29, 1.82) is 0 Å². The summed E-state index contributed by atoms with van der Waals surface area (Å²) in [5, 5.41) is 14.4. The molecule has 0 spiro atoms. The second kappa shape index (κ2) is 7.37. The summed E-state index contributed by atoms with van der Waals surface area (Å²) in [6, 6.07) is 8.23. The molecule has 4 heteroatoms. The van der Waals surface area contributed by atoms with E-state index in [1.807, 2.05) is 19.1 Å². The van der Waals surface area contributed by atoms with Crippen LogP contribution >= 0.6 is 0 Å². The van der Waals surface area contributed by atoms with Gasteiger partial charge in [0.2, 0.25) is 0 Å². The molecule has 3 rings (SSSR count). The fraction of sp³-hybridized carbons (Fsp3) is 0.579. The third kappa shape index (κ3) is 3.88. The SMILES string of the molecule is CCOc1cccc2cc(C(C)NCC3CCCC(O)C3)oc12. The highest BCUT2D eigenvalue weighted by Gasteiger charge is 2.21. The van der Waals surface area contributed by atoms with Crippen LogP contribution in [0.15, 0.2) is 28.7 Å². The average molecular weight is 317 g/mol. The van der Waals surface area contributed by atoms with Gasteiger partial charge in [0.1, 0.15) is 5.76 Å². The molecule has 3 atom stereocenters. The number of para-hydroxylation sites is 1. The number of aliphatic hydroxyl groups excluding tert-OH is 1. The summed E-state index contributed by atoms with van der Waals surface area (Å²) in [6.45, 7) is 5.66. The predicted molar refractivity (Wildman–Crippen MR) is 91.8 cm³/mol. The second-order valence-electron chi connectivity index (χ2n) is 6.57. The number of rotatable bonds is 6. The summed E-state index contributed by atoms with van der Waals surface area (Å²) >= 11 is 0. The van der Waals surface area contributed by atoms with Gasteiger partial charge < -0.3 is 19.6 Å². The number of benzene rings is 1. The monoisotopic (exact) mass is 317 g/mol. The Balaban J connectivity index is 1.66. The summed E-state index contributed by atoms with van der Waals surface area (Å²) < 4.78 is 11.7. The Kier molecular flexibility index (Phi) is 5.23. The molecular formula is C19H27NO3. The highest BCUT2D eigenvalue weighted by Crippen LogP contribution is 2.31. The van der Waals surface area contributed by atoms with Crippen molar-refractivity contribution >= 4 is 11.0 Å². The first kappa shape index (κ1) is 16.3. The van der Waals surface area contributed by atoms with Gasteiger partial charge in [-0.15, -0.1) is 0 Å². The van der Waals surface area contributed by atoms with Crippen LogP contribution in [0.4, 0.5) is 0 Å². The van der Waals surface area contributed by atoms with Gasteiger partial charge in [-0.25, -0.2) is 0 Å². The van der Waals surface area contributed by atoms with Crippen LogP contribution in [0.1, 0.15) is 51.3 Å². The Morgan fingerprint density at radius 2 is 2.26 bits per heavy atom. The van der Waals surface area contributed by atoms with Crippen molar-refractivity contribution in [3.63, 3.8) is 0 Å². The lowest BCUT2D eigenvalue weighted by Crippen LogP contribution is -2.30. The highest BCUT2D eigenvalue weighted by atomic mass is 16.5. The van der Waals surface area contributed by atoms with Crippen LogP contribution in [0, 0.1) is 5.92 Å². The Hall–Kier alpha value is -1.52. The van der Waals surface area contributed by atoms with Gasteiger partial charge >= 0.3 is 0 Å². The van der Waals surface area contributed by atoms with E-state index in [1.54, 1.807) is 0 Å². The van der Waals surface area contributed by atoms with E-state index >= 15 is 0 Å². The van der Waals surface area contributed by atoms with Crippen LogP contribution in [0.2, 0.25) is 0 Å². The van der Waals surface area contributed by atoms with E-state index in [1.165, 1.54) is 6.42 Å². The molecule has 1 saturated carbocycles. The molecule has 1 fully saturated rings. The molecule has 1 aliphatic rings. The molecule has 2 N–H and O–H groups in total. The van der Waals surface area contributed by atoms with E-state index in [-0.39, 0.29) is 12.1 Å². The van der Waals surface area contributed by atoms with Crippen molar-refractivity contribution in [2.24, 2.45) is 5.92 Å². The Morgan fingerprint density at radius 1 is 1.39 bits per heavy atom. The molecule has 4 nitrogen and oxygen atoms in total. The van der Waals surface area contributed by atoms with Gasteiger partial charge in [0.25, 0.3) is 0 Å². The molecule has 0 radical (unpaired) electrons. The Labute approximate surface area is 137 Å². The van der Waals surface area contributed by atoms with Crippen molar-refractivity contribution in [1.82, 2.24) is 5.32 Å². The van der Waals surface area contributed by atoms with E-state index in [2.05, 4.69) is 24.4 Å². The van der Waals surface area contributed by atoms with Crippen LogP contribution in [-0.4, -0.2) is 24.4 Å². The molecule has 1 heterocycles. The molecule has 3 unspecified atom stereocenters. The molecule has 1 aromatic carbocycles. The smallest absolute Gasteiger partial charge is 0.176 e. The summed E-state index contributed by atoms with van der Waals surface area (Å²) in [7, 11) is 0. The van der Waals surface area contributed by atoms with Gasteiger partial charge in [0.15, 0.2) is 11.3 Å². The van der Waals surface area contributed by atoms with Crippen molar-refractivity contribution in [2.75, 3.05) is 13.2 Å². The molecule has 0 saturated heterocycles. The zero-order valence-electron chi connectivity index (χ0n) is 14.0. The average Bonchev–Trinajstić information content (AvgIpc) is 2.98. The topological polar surface area (TPSA) is 54.6 Å². The zero-order chi connectivity index (χ0) is 16.2. The molecule has 0 bridgehead atoms. The summed E-state index contributed by atoms with van der Waals surface area (Å²) in [6.07, 6.45) is 4.07. The molecule has 0 aliphatic heterocycles. The molecule has 0 amide bonds. The summed E-state index contributed by atoms with van der Waals surface area (Å²) in [5.41, 5.74) is 0.825. The third-order valence-electron chi connectivity index (χ3n) is 4.72. The first-order valence-corrected chi connectivity index (χ1v) is 8.74. The molecule has 1 aromatic heterocycles. The maximum atomic E-state index is 9.78. The lowest BCUT2D eigenvalue weighted by atomic mass is 9.87. The van der Waals surface area contributed by atoms with Crippen LogP contribution in [0.3, 0.4) is 0 Å². The largest absolute Gasteiger partial charge is 0.490 e. The number of fused-ring (bicyclic) bond motifs is 1. The Morgan fingerprint density at radius 3 is 3.04 bits per heavy atom. The van der Waals surface area contributed by atoms with Crippen LogP contribution in [0.25, 0.3) is 11.0 Å². The van der Waals surface area contributed by atoms with Gasteiger partial charge in [0.05, 0.1) is 18.8 Å². The number of furan rings is 1. The third-order valence-corrected chi connectivity index (χ3v) is 4.72. The van der Waals surface area contributed by atoms with E-state index < -0.39 is 0 Å². The first-order valence-electron chi connectivity index (χ1n) is 8.74. The van der Waals surface area contributed by atoms with Gasteiger partial charge in [-0.3, -0.25) is 0 Å². The van der Waals surface area contributed by atoms with E-state index in [4.69, 9.17) is 9.15 Å². The van der Waals surface area contributed by atoms with Crippen LogP contribution in [0.5, 0.6) is 5.75 Å². The summed E-state index contributed by atoms with van der Waals surface area (Å²) in [4.78, 5) is 0. The molecule has 126 valence electrons. The molecule has 23 heavy (non-hydrogen) atoms. The van der Waals surface area contributed by atoms with Crippen molar-refractivity contribution in [2.45, 2.75) is 51.7 Å². The number of hydrogen-bond donors (Lipinski definition) is 2. The normalized spacial score (nSPS) is 23.1. The summed E-state index contributed by atoms with van der Waals surface area (Å²) in [5.74, 6) is 2.30. The predicted octanol–water partition coefficient (Wildman–Crippen LogP) is 4.03. The number of hydrogen-bond acceptors (Lipinski definition) is 4. The standard InChI is InChI=1S/C19H27NO3/c1-3-22-17-9-5-7-15-11-18(23-19(15)17)13(2)20-12-14-6-4-8-16(21)10-14/h5,7,9,11,13-14,16,20-21H,3-4,6,8,10,12H2,1-2H3. The molecule has 2 aromatic rings. The second-order valence-corrected chi connectivity index (χ2v) is 6.57. The molecule has 1 aliphatic carbocycles. The lowest BCUT2D eigenvalue weighted by molar-refractivity contribution is 0.0995. The Bertz CT molecular complexity index is 637. The van der Waals surface area contributed by atoms with E-state index in [0.29, 0.717) is 12.5 Å². The quantitative estimate of drug-likeness (QED) is 0.844. The van der Waals surface area contributed by atoms with Gasteiger partial charge in [0, 0.05) is 5.39 Å². The zero-order valence-corrected chi connectivity index (χ0v) is 14.0. The minimum absolute atomic E-state index is 0.120. The van der Waals surface area contributed by atoms with Gasteiger partial charge in [-0.1, -0.05) is 18.6 Å². The maximum Gasteiger partial charge on any atom is 0.176 e. The van der Waals surface area contributed by atoms with Crippen molar-refractivity contribution < 1.29 is 14.3 Å². The minimum atomic E-state index is -0.120. The minimum Gasteiger partial charge on any atom is -0.490 e. The van der Waals surface area contributed by atoms with Gasteiger partial charge in [-0.2, -0.15) is 0 Å². The molecular weight excluding hydrogens is 290 g/mol. The fourth-order valence-electron chi connectivity index (χ4n) is 3.43.